The normalized spacial score (nSPS) is 22.9. The highest BCUT2D eigenvalue weighted by molar-refractivity contribution is 5.57. The Bertz CT molecular complexity index is 409. The van der Waals surface area contributed by atoms with Gasteiger partial charge in [0, 0.05) is 24.8 Å². The van der Waals surface area contributed by atoms with Gasteiger partial charge < -0.3 is 24.2 Å². The maximum atomic E-state index is 9.11. The number of hydrogen-bond acceptors (Lipinski definition) is 5. The van der Waals surface area contributed by atoms with Gasteiger partial charge >= 0.3 is 0 Å². The van der Waals surface area contributed by atoms with Gasteiger partial charge in [0.15, 0.2) is 11.5 Å². The highest BCUT2D eigenvalue weighted by atomic mass is 16.7. The molecule has 1 atom stereocenters. The van der Waals surface area contributed by atoms with Crippen LogP contribution in [0.4, 0.5) is 5.69 Å². The minimum atomic E-state index is -0.103. The molecule has 1 aromatic carbocycles. The largest absolute Gasteiger partial charge is 0.454 e. The molecule has 1 aromatic rings. The molecular weight excluding hydrogens is 222 g/mol. The predicted octanol–water partition coefficient (Wildman–Crippen LogP) is 0.613. The van der Waals surface area contributed by atoms with Crippen LogP contribution in [-0.4, -0.2) is 44.3 Å². The number of benzene rings is 1. The number of morpholine rings is 1. The third kappa shape index (κ3) is 2.03. The van der Waals surface area contributed by atoms with Gasteiger partial charge in [-0.3, -0.25) is 0 Å². The molecule has 92 valence electrons. The van der Waals surface area contributed by atoms with E-state index in [-0.39, 0.29) is 12.7 Å². The van der Waals surface area contributed by atoms with Crippen molar-refractivity contribution in [1.29, 1.82) is 0 Å². The quantitative estimate of drug-likeness (QED) is 0.817. The summed E-state index contributed by atoms with van der Waals surface area (Å²) in [5.74, 6) is 1.58. The summed E-state index contributed by atoms with van der Waals surface area (Å²) in [4.78, 5) is 2.19. The van der Waals surface area contributed by atoms with Crippen molar-refractivity contribution < 1.29 is 19.3 Å². The lowest BCUT2D eigenvalue weighted by Gasteiger charge is -2.33. The average molecular weight is 237 g/mol. The van der Waals surface area contributed by atoms with Crippen molar-refractivity contribution in [2.75, 3.05) is 38.0 Å². The molecule has 1 saturated heterocycles. The molecule has 1 N–H and O–H groups in total. The second kappa shape index (κ2) is 4.43. The van der Waals surface area contributed by atoms with E-state index >= 15 is 0 Å². The maximum Gasteiger partial charge on any atom is 0.231 e. The van der Waals surface area contributed by atoms with Crippen LogP contribution in [0.2, 0.25) is 0 Å². The van der Waals surface area contributed by atoms with Gasteiger partial charge in [-0.2, -0.15) is 0 Å². The molecule has 5 heteroatoms. The van der Waals surface area contributed by atoms with Crippen LogP contribution in [0.25, 0.3) is 0 Å². The van der Waals surface area contributed by atoms with E-state index in [1.807, 2.05) is 18.2 Å². The maximum absolute atomic E-state index is 9.11. The Balaban J connectivity index is 1.79. The number of nitrogens with zero attached hydrogens (tertiary/aromatic N) is 1. The van der Waals surface area contributed by atoms with Gasteiger partial charge in [0.25, 0.3) is 0 Å². The van der Waals surface area contributed by atoms with E-state index in [0.29, 0.717) is 19.9 Å². The van der Waals surface area contributed by atoms with E-state index < -0.39 is 0 Å². The van der Waals surface area contributed by atoms with Crippen LogP contribution in [0.15, 0.2) is 18.2 Å². The average Bonchev–Trinajstić information content (AvgIpc) is 2.86. The summed E-state index contributed by atoms with van der Waals surface area (Å²) in [6.07, 6.45) is -0.103. The van der Waals surface area contributed by atoms with Crippen LogP contribution >= 0.6 is 0 Å². The molecule has 0 saturated carbocycles. The van der Waals surface area contributed by atoms with Crippen molar-refractivity contribution in [2.24, 2.45) is 0 Å². The lowest BCUT2D eigenvalue weighted by atomic mass is 10.2. The number of rotatable bonds is 2. The van der Waals surface area contributed by atoms with Gasteiger partial charge in [-0.25, -0.2) is 0 Å². The SMILES string of the molecule is OCC1CN(c2ccc3c(c2)OCO3)CCO1. The zero-order chi connectivity index (χ0) is 11.7. The van der Waals surface area contributed by atoms with Gasteiger partial charge in [0.05, 0.1) is 19.3 Å². The molecule has 3 rings (SSSR count). The molecule has 0 aliphatic carbocycles. The smallest absolute Gasteiger partial charge is 0.231 e. The van der Waals surface area contributed by atoms with E-state index in [9.17, 15) is 0 Å². The third-order valence-electron chi connectivity index (χ3n) is 3.06. The number of ether oxygens (including phenoxy) is 3. The van der Waals surface area contributed by atoms with Crippen molar-refractivity contribution in [2.45, 2.75) is 6.10 Å². The van der Waals surface area contributed by atoms with Crippen molar-refractivity contribution in [1.82, 2.24) is 0 Å². The molecule has 17 heavy (non-hydrogen) atoms. The number of anilines is 1. The summed E-state index contributed by atoms with van der Waals surface area (Å²) in [7, 11) is 0. The van der Waals surface area contributed by atoms with Crippen LogP contribution in [-0.2, 0) is 4.74 Å². The Kier molecular flexibility index (Phi) is 2.78. The van der Waals surface area contributed by atoms with E-state index in [1.54, 1.807) is 0 Å². The highest BCUT2D eigenvalue weighted by Gasteiger charge is 2.22. The number of aliphatic hydroxyl groups excluding tert-OH is 1. The summed E-state index contributed by atoms with van der Waals surface area (Å²) >= 11 is 0. The zero-order valence-corrected chi connectivity index (χ0v) is 9.46. The fourth-order valence-electron chi connectivity index (χ4n) is 2.15. The Morgan fingerprint density at radius 1 is 1.29 bits per heavy atom. The van der Waals surface area contributed by atoms with Gasteiger partial charge in [-0.15, -0.1) is 0 Å². The lowest BCUT2D eigenvalue weighted by molar-refractivity contribution is 0.00356. The molecule has 5 nitrogen and oxygen atoms in total. The first kappa shape index (κ1) is 10.7. The summed E-state index contributed by atoms with van der Waals surface area (Å²) in [6, 6.07) is 5.90. The minimum absolute atomic E-state index is 0.0566. The highest BCUT2D eigenvalue weighted by Crippen LogP contribution is 2.35. The zero-order valence-electron chi connectivity index (χ0n) is 9.46. The molecule has 0 spiro atoms. The van der Waals surface area contributed by atoms with E-state index in [2.05, 4.69) is 4.90 Å². The monoisotopic (exact) mass is 237 g/mol. The van der Waals surface area contributed by atoms with Crippen LogP contribution in [0, 0.1) is 0 Å². The third-order valence-corrected chi connectivity index (χ3v) is 3.06. The summed E-state index contributed by atoms with van der Waals surface area (Å²) in [5.41, 5.74) is 1.08. The topological polar surface area (TPSA) is 51.2 Å². The molecule has 1 unspecified atom stereocenters. The first-order valence-electron chi connectivity index (χ1n) is 5.74. The Morgan fingerprint density at radius 3 is 3.06 bits per heavy atom. The number of aliphatic hydroxyl groups is 1. The molecule has 2 aliphatic heterocycles. The van der Waals surface area contributed by atoms with E-state index in [1.165, 1.54) is 0 Å². The molecule has 2 aliphatic rings. The van der Waals surface area contributed by atoms with E-state index in [0.717, 1.165) is 23.7 Å². The summed E-state index contributed by atoms with van der Waals surface area (Å²) in [6.45, 7) is 2.52. The van der Waals surface area contributed by atoms with Gasteiger partial charge in [-0.05, 0) is 12.1 Å². The molecule has 1 fully saturated rings. The van der Waals surface area contributed by atoms with Gasteiger partial charge in [-0.1, -0.05) is 0 Å². The van der Waals surface area contributed by atoms with Crippen molar-refractivity contribution in [3.05, 3.63) is 18.2 Å². The Labute approximate surface area is 99.5 Å². The van der Waals surface area contributed by atoms with Crippen molar-refractivity contribution >= 4 is 5.69 Å². The summed E-state index contributed by atoms with van der Waals surface area (Å²) < 4.78 is 16.1. The molecule has 0 radical (unpaired) electrons. The number of hydrogen-bond donors (Lipinski definition) is 1. The summed E-state index contributed by atoms with van der Waals surface area (Å²) in [5, 5.41) is 9.11. The van der Waals surface area contributed by atoms with Crippen LogP contribution < -0.4 is 14.4 Å². The fraction of sp³-hybridized carbons (Fsp3) is 0.500. The Hall–Kier alpha value is -1.46. The van der Waals surface area contributed by atoms with Crippen molar-refractivity contribution in [3.63, 3.8) is 0 Å². The van der Waals surface area contributed by atoms with Gasteiger partial charge in [0.2, 0.25) is 6.79 Å². The van der Waals surface area contributed by atoms with E-state index in [4.69, 9.17) is 19.3 Å². The first-order valence-corrected chi connectivity index (χ1v) is 5.74. The molecular formula is C12H15NO4. The number of fused-ring (bicyclic) bond motifs is 1. The first-order chi connectivity index (χ1) is 8.36. The molecule has 2 heterocycles. The van der Waals surface area contributed by atoms with Crippen molar-refractivity contribution in [3.8, 4) is 11.5 Å². The van der Waals surface area contributed by atoms with Crippen LogP contribution in [0.5, 0.6) is 11.5 Å². The molecule has 0 bridgehead atoms. The Morgan fingerprint density at radius 2 is 2.18 bits per heavy atom. The molecule has 0 aromatic heterocycles. The molecule has 0 amide bonds. The van der Waals surface area contributed by atoms with Crippen LogP contribution in [0.3, 0.4) is 0 Å². The predicted molar refractivity (Wildman–Crippen MR) is 61.6 cm³/mol. The van der Waals surface area contributed by atoms with Gasteiger partial charge in [0.1, 0.15) is 0 Å². The second-order valence-corrected chi connectivity index (χ2v) is 4.16. The van der Waals surface area contributed by atoms with Crippen LogP contribution in [0.1, 0.15) is 0 Å². The standard InChI is InChI=1S/C12H15NO4/c14-7-10-6-13(3-4-15-10)9-1-2-11-12(5-9)17-8-16-11/h1-2,5,10,14H,3-4,6-8H2. The lowest BCUT2D eigenvalue weighted by Crippen LogP contribution is -2.44. The minimum Gasteiger partial charge on any atom is -0.454 e. The fourth-order valence-corrected chi connectivity index (χ4v) is 2.15. The second-order valence-electron chi connectivity index (χ2n) is 4.16.